The first-order valence-electron chi connectivity index (χ1n) is 8.75. The van der Waals surface area contributed by atoms with E-state index in [0.29, 0.717) is 12.3 Å². The van der Waals surface area contributed by atoms with E-state index in [1.165, 1.54) is 12.1 Å². The van der Waals surface area contributed by atoms with Gasteiger partial charge in [-0.05, 0) is 43.3 Å². The summed E-state index contributed by atoms with van der Waals surface area (Å²) in [6.45, 7) is 2.33. The maximum atomic E-state index is 13.3. The first-order chi connectivity index (χ1) is 13.1. The minimum Gasteiger partial charge on any atom is -0.383 e. The van der Waals surface area contributed by atoms with E-state index < -0.39 is 0 Å². The largest absolute Gasteiger partial charge is 0.383 e. The molecule has 140 valence electrons. The first-order valence-corrected chi connectivity index (χ1v) is 8.75. The highest BCUT2D eigenvalue weighted by atomic mass is 19.1. The van der Waals surface area contributed by atoms with Crippen LogP contribution in [0.4, 0.5) is 4.39 Å². The van der Waals surface area contributed by atoms with E-state index in [-0.39, 0.29) is 24.2 Å². The van der Waals surface area contributed by atoms with Crippen molar-refractivity contribution >= 4 is 5.91 Å². The molecule has 1 heterocycles. The number of carbonyl (C=O) groups is 1. The molecule has 0 bridgehead atoms. The van der Waals surface area contributed by atoms with Crippen molar-refractivity contribution in [2.24, 2.45) is 0 Å². The van der Waals surface area contributed by atoms with Gasteiger partial charge in [0.15, 0.2) is 0 Å². The van der Waals surface area contributed by atoms with Crippen LogP contribution in [0.5, 0.6) is 0 Å². The number of benzene rings is 2. The van der Waals surface area contributed by atoms with Gasteiger partial charge in [-0.25, -0.2) is 9.07 Å². The summed E-state index contributed by atoms with van der Waals surface area (Å²) in [5, 5.41) is 7.54. The van der Waals surface area contributed by atoms with Crippen LogP contribution in [0.25, 0.3) is 16.9 Å². The maximum absolute atomic E-state index is 13.3. The topological polar surface area (TPSA) is 56.1 Å². The van der Waals surface area contributed by atoms with Crippen molar-refractivity contribution in [3.8, 4) is 16.9 Å². The van der Waals surface area contributed by atoms with E-state index in [1.54, 1.807) is 23.9 Å². The molecule has 0 aliphatic rings. The molecule has 1 unspecified atom stereocenters. The Kier molecular flexibility index (Phi) is 5.98. The number of nitrogens with zero attached hydrogens (tertiary/aromatic N) is 2. The van der Waals surface area contributed by atoms with Crippen molar-refractivity contribution < 1.29 is 13.9 Å². The van der Waals surface area contributed by atoms with Crippen LogP contribution in [0.3, 0.4) is 0 Å². The van der Waals surface area contributed by atoms with Crippen LogP contribution in [0.15, 0.2) is 60.8 Å². The predicted octanol–water partition coefficient (Wildman–Crippen LogP) is 3.37. The number of carbonyl (C=O) groups excluding carboxylic acids is 1. The summed E-state index contributed by atoms with van der Waals surface area (Å²) in [6.07, 6.45) is 2.02. The zero-order valence-corrected chi connectivity index (χ0v) is 15.4. The number of rotatable bonds is 7. The molecule has 0 fully saturated rings. The lowest BCUT2D eigenvalue weighted by atomic mass is 10.1. The zero-order chi connectivity index (χ0) is 19.2. The van der Waals surface area contributed by atoms with Gasteiger partial charge >= 0.3 is 0 Å². The van der Waals surface area contributed by atoms with Gasteiger partial charge in [0.1, 0.15) is 5.82 Å². The van der Waals surface area contributed by atoms with Crippen molar-refractivity contribution in [2.75, 3.05) is 13.7 Å². The van der Waals surface area contributed by atoms with Gasteiger partial charge in [-0.15, -0.1) is 0 Å². The Hall–Kier alpha value is -2.99. The van der Waals surface area contributed by atoms with E-state index >= 15 is 0 Å². The summed E-state index contributed by atoms with van der Waals surface area (Å²) in [4.78, 5) is 12.4. The number of aromatic nitrogens is 2. The van der Waals surface area contributed by atoms with Gasteiger partial charge in [0.2, 0.25) is 5.91 Å². The average Bonchev–Trinajstić information content (AvgIpc) is 3.07. The fraction of sp³-hybridized carbons (Fsp3) is 0.238. The molecule has 6 heteroatoms. The molecular formula is C21H22FN3O2. The van der Waals surface area contributed by atoms with Crippen LogP contribution in [0.1, 0.15) is 12.5 Å². The minimum absolute atomic E-state index is 0.0825. The van der Waals surface area contributed by atoms with Gasteiger partial charge in [-0.3, -0.25) is 4.79 Å². The fourth-order valence-electron chi connectivity index (χ4n) is 2.89. The molecule has 3 rings (SSSR count). The van der Waals surface area contributed by atoms with Crippen molar-refractivity contribution in [1.29, 1.82) is 0 Å². The van der Waals surface area contributed by atoms with E-state index in [1.807, 2.05) is 43.5 Å². The summed E-state index contributed by atoms with van der Waals surface area (Å²) in [5.41, 5.74) is 3.08. The number of halogens is 1. The fourth-order valence-corrected chi connectivity index (χ4v) is 2.89. The van der Waals surface area contributed by atoms with Crippen LogP contribution in [-0.2, 0) is 16.0 Å². The molecule has 1 aromatic heterocycles. The molecule has 2 aromatic carbocycles. The number of methoxy groups -OCH3 is 1. The van der Waals surface area contributed by atoms with Gasteiger partial charge in [0.25, 0.3) is 0 Å². The Labute approximate surface area is 157 Å². The Balaban J connectivity index is 1.91. The third-order valence-electron chi connectivity index (χ3n) is 4.10. The van der Waals surface area contributed by atoms with Gasteiger partial charge in [-0.1, -0.05) is 18.2 Å². The van der Waals surface area contributed by atoms with Crippen molar-refractivity contribution in [1.82, 2.24) is 15.1 Å². The molecular weight excluding hydrogens is 345 g/mol. The molecule has 1 amide bonds. The number of para-hydroxylation sites is 1. The third kappa shape index (κ3) is 4.80. The minimum atomic E-state index is -0.311. The lowest BCUT2D eigenvalue weighted by molar-refractivity contribution is -0.121. The van der Waals surface area contributed by atoms with Crippen LogP contribution in [-0.4, -0.2) is 35.4 Å². The smallest absolute Gasteiger partial charge is 0.224 e. The molecule has 1 atom stereocenters. The SMILES string of the molecule is COCC(C)NC(=O)Cc1cn(-c2ccccc2)nc1-c1ccc(F)cc1. The Bertz CT molecular complexity index is 892. The molecule has 0 saturated heterocycles. The van der Waals surface area contributed by atoms with Crippen LogP contribution < -0.4 is 5.32 Å². The lowest BCUT2D eigenvalue weighted by Crippen LogP contribution is -2.36. The monoisotopic (exact) mass is 367 g/mol. The molecule has 0 radical (unpaired) electrons. The number of amides is 1. The summed E-state index contributed by atoms with van der Waals surface area (Å²) in [6, 6.07) is 15.7. The Morgan fingerprint density at radius 2 is 1.89 bits per heavy atom. The Morgan fingerprint density at radius 3 is 2.56 bits per heavy atom. The first kappa shape index (κ1) is 18.8. The summed E-state index contributed by atoms with van der Waals surface area (Å²) in [7, 11) is 1.60. The quantitative estimate of drug-likeness (QED) is 0.697. The summed E-state index contributed by atoms with van der Waals surface area (Å²) < 4.78 is 20.1. The Morgan fingerprint density at radius 1 is 1.19 bits per heavy atom. The zero-order valence-electron chi connectivity index (χ0n) is 15.4. The van der Waals surface area contributed by atoms with Crippen molar-refractivity contribution in [3.05, 3.63) is 72.2 Å². The molecule has 0 spiro atoms. The van der Waals surface area contributed by atoms with Crippen molar-refractivity contribution in [2.45, 2.75) is 19.4 Å². The van der Waals surface area contributed by atoms with E-state index in [0.717, 1.165) is 16.8 Å². The third-order valence-corrected chi connectivity index (χ3v) is 4.10. The highest BCUT2D eigenvalue weighted by Gasteiger charge is 2.16. The summed E-state index contributed by atoms with van der Waals surface area (Å²) >= 11 is 0. The number of hydrogen-bond donors (Lipinski definition) is 1. The second-order valence-corrected chi connectivity index (χ2v) is 6.39. The average molecular weight is 367 g/mol. The molecule has 0 saturated carbocycles. The highest BCUT2D eigenvalue weighted by Crippen LogP contribution is 2.24. The van der Waals surface area contributed by atoms with Crippen molar-refractivity contribution in [3.63, 3.8) is 0 Å². The van der Waals surface area contributed by atoms with E-state index in [4.69, 9.17) is 4.74 Å². The molecule has 0 aliphatic carbocycles. The van der Waals surface area contributed by atoms with Crippen LogP contribution in [0, 0.1) is 5.82 Å². The number of ether oxygens (including phenoxy) is 1. The van der Waals surface area contributed by atoms with Gasteiger partial charge in [0, 0.05) is 30.5 Å². The molecule has 0 aliphatic heterocycles. The maximum Gasteiger partial charge on any atom is 0.224 e. The van der Waals surface area contributed by atoms with Crippen LogP contribution >= 0.6 is 0 Å². The highest BCUT2D eigenvalue weighted by molar-refractivity contribution is 5.81. The van der Waals surface area contributed by atoms with Gasteiger partial charge in [-0.2, -0.15) is 5.10 Å². The second kappa shape index (κ2) is 8.60. The molecule has 5 nitrogen and oxygen atoms in total. The van der Waals surface area contributed by atoms with E-state index in [9.17, 15) is 9.18 Å². The molecule has 3 aromatic rings. The number of hydrogen-bond acceptors (Lipinski definition) is 3. The lowest BCUT2D eigenvalue weighted by Gasteiger charge is -2.12. The number of nitrogens with one attached hydrogen (secondary N) is 1. The standard InChI is InChI=1S/C21H22FN3O2/c1-15(14-27-2)23-20(26)12-17-13-25(19-6-4-3-5-7-19)24-21(17)16-8-10-18(22)11-9-16/h3-11,13,15H,12,14H2,1-2H3,(H,23,26). The normalized spacial score (nSPS) is 12.0. The predicted molar refractivity (Wildman–Crippen MR) is 102 cm³/mol. The molecule has 1 N–H and O–H groups in total. The van der Waals surface area contributed by atoms with E-state index in [2.05, 4.69) is 10.4 Å². The van der Waals surface area contributed by atoms with Crippen LogP contribution in [0.2, 0.25) is 0 Å². The van der Waals surface area contributed by atoms with Gasteiger partial charge in [0.05, 0.1) is 24.4 Å². The van der Waals surface area contributed by atoms with Gasteiger partial charge < -0.3 is 10.1 Å². The second-order valence-electron chi connectivity index (χ2n) is 6.39. The summed E-state index contributed by atoms with van der Waals surface area (Å²) in [5.74, 6) is -0.426. The molecule has 27 heavy (non-hydrogen) atoms.